The summed E-state index contributed by atoms with van der Waals surface area (Å²) in [6.07, 6.45) is 0.985. The lowest BCUT2D eigenvalue weighted by atomic mass is 9.90. The van der Waals surface area contributed by atoms with Gasteiger partial charge >= 0.3 is 0 Å². The number of rotatable bonds is 6. The second kappa shape index (κ2) is 6.17. The lowest BCUT2D eigenvalue weighted by Gasteiger charge is -2.22. The van der Waals surface area contributed by atoms with Crippen molar-refractivity contribution in [3.63, 3.8) is 0 Å². The molecule has 0 saturated carbocycles. The van der Waals surface area contributed by atoms with Crippen molar-refractivity contribution in [2.45, 2.75) is 25.7 Å². The molecule has 0 fully saturated rings. The highest BCUT2D eigenvalue weighted by Crippen LogP contribution is 2.27. The maximum Gasteiger partial charge on any atom is 0.230 e. The molecule has 1 aromatic heterocycles. The number of carbonyl (C=O) groups excluding carboxylic acids is 1. The van der Waals surface area contributed by atoms with Crippen LogP contribution in [0.2, 0.25) is 0 Å². The van der Waals surface area contributed by atoms with E-state index in [-0.39, 0.29) is 5.91 Å². The minimum atomic E-state index is -0.424. The fraction of sp³-hybridized carbons (Fsp3) is 0.615. The summed E-state index contributed by atoms with van der Waals surface area (Å²) in [6, 6.07) is 4.01. The van der Waals surface area contributed by atoms with Crippen LogP contribution in [0.15, 0.2) is 17.5 Å². The highest BCUT2D eigenvalue weighted by Gasteiger charge is 2.30. The number of hydrogen-bond donors (Lipinski definition) is 1. The summed E-state index contributed by atoms with van der Waals surface area (Å²) in [5, 5.41) is 5.02. The summed E-state index contributed by atoms with van der Waals surface area (Å²) >= 11 is 1.63. The zero-order valence-corrected chi connectivity index (χ0v) is 11.9. The van der Waals surface area contributed by atoms with Crippen LogP contribution >= 0.6 is 11.3 Å². The van der Waals surface area contributed by atoms with Gasteiger partial charge in [0, 0.05) is 11.4 Å². The molecule has 4 heteroatoms. The second-order valence-corrected chi connectivity index (χ2v) is 5.96. The Balaban J connectivity index is 2.42. The van der Waals surface area contributed by atoms with E-state index >= 15 is 0 Å². The highest BCUT2D eigenvalue weighted by atomic mass is 32.1. The third kappa shape index (κ3) is 4.13. The van der Waals surface area contributed by atoms with Gasteiger partial charge in [0.2, 0.25) is 5.91 Å². The Kier molecular flexibility index (Phi) is 5.15. The summed E-state index contributed by atoms with van der Waals surface area (Å²) in [4.78, 5) is 15.3. The standard InChI is InChI=1S/C13H22N2OS/c1-13(2,11-7-5-10-17-11)12(16)14-8-6-9-15(3)4/h5,7,10H,6,8-9H2,1-4H3,(H,14,16). The molecule has 0 spiro atoms. The highest BCUT2D eigenvalue weighted by molar-refractivity contribution is 7.10. The summed E-state index contributed by atoms with van der Waals surface area (Å²) in [5.41, 5.74) is -0.424. The summed E-state index contributed by atoms with van der Waals surface area (Å²) in [6.45, 7) is 5.69. The van der Waals surface area contributed by atoms with Crippen LogP contribution in [0.5, 0.6) is 0 Å². The van der Waals surface area contributed by atoms with Crippen molar-refractivity contribution in [3.8, 4) is 0 Å². The van der Waals surface area contributed by atoms with Gasteiger partial charge in [0.15, 0.2) is 0 Å². The molecule has 1 aromatic rings. The number of amides is 1. The number of carbonyl (C=O) groups is 1. The zero-order chi connectivity index (χ0) is 12.9. The van der Waals surface area contributed by atoms with Gasteiger partial charge in [-0.1, -0.05) is 6.07 Å². The first kappa shape index (κ1) is 14.2. The Morgan fingerprint density at radius 2 is 2.18 bits per heavy atom. The maximum atomic E-state index is 12.1. The molecular weight excluding hydrogens is 232 g/mol. The van der Waals surface area contributed by atoms with Gasteiger partial charge in [-0.15, -0.1) is 11.3 Å². The van der Waals surface area contributed by atoms with Gasteiger partial charge in [0.05, 0.1) is 5.41 Å². The second-order valence-electron chi connectivity index (χ2n) is 5.02. The summed E-state index contributed by atoms with van der Waals surface area (Å²) < 4.78 is 0. The molecule has 0 aliphatic carbocycles. The van der Waals surface area contributed by atoms with E-state index in [9.17, 15) is 4.79 Å². The van der Waals surface area contributed by atoms with Crippen molar-refractivity contribution in [2.24, 2.45) is 0 Å². The average Bonchev–Trinajstić information content (AvgIpc) is 2.77. The molecule has 0 atom stereocenters. The van der Waals surface area contributed by atoms with Gasteiger partial charge < -0.3 is 10.2 Å². The number of hydrogen-bond acceptors (Lipinski definition) is 3. The molecule has 96 valence electrons. The monoisotopic (exact) mass is 254 g/mol. The van der Waals surface area contributed by atoms with E-state index in [2.05, 4.69) is 10.2 Å². The van der Waals surface area contributed by atoms with Crippen molar-refractivity contribution in [2.75, 3.05) is 27.2 Å². The zero-order valence-electron chi connectivity index (χ0n) is 11.1. The van der Waals surface area contributed by atoms with Gasteiger partial charge in [0.25, 0.3) is 0 Å². The van der Waals surface area contributed by atoms with Crippen LogP contribution < -0.4 is 5.32 Å². The van der Waals surface area contributed by atoms with Crippen molar-refractivity contribution in [3.05, 3.63) is 22.4 Å². The molecule has 1 rings (SSSR count). The van der Waals surface area contributed by atoms with Crippen LogP contribution in [0.4, 0.5) is 0 Å². The first-order valence-corrected chi connectivity index (χ1v) is 6.79. The molecule has 0 bridgehead atoms. The molecule has 0 aliphatic heterocycles. The molecule has 0 unspecified atom stereocenters. The van der Waals surface area contributed by atoms with Crippen molar-refractivity contribution < 1.29 is 4.79 Å². The Bertz CT molecular complexity index is 344. The van der Waals surface area contributed by atoms with E-state index < -0.39 is 5.41 Å². The van der Waals surface area contributed by atoms with Crippen LogP contribution in [0.25, 0.3) is 0 Å². The van der Waals surface area contributed by atoms with Gasteiger partial charge in [-0.2, -0.15) is 0 Å². The van der Waals surface area contributed by atoms with Crippen LogP contribution in [0, 0.1) is 0 Å². The topological polar surface area (TPSA) is 32.3 Å². The minimum Gasteiger partial charge on any atom is -0.355 e. The summed E-state index contributed by atoms with van der Waals surface area (Å²) in [7, 11) is 4.08. The predicted molar refractivity (Wildman–Crippen MR) is 73.5 cm³/mol. The van der Waals surface area contributed by atoms with Gasteiger partial charge in [-0.05, 0) is 52.4 Å². The molecule has 17 heavy (non-hydrogen) atoms. The molecule has 3 nitrogen and oxygen atoms in total. The minimum absolute atomic E-state index is 0.110. The van der Waals surface area contributed by atoms with Crippen molar-refractivity contribution >= 4 is 17.2 Å². The van der Waals surface area contributed by atoms with E-state index in [0.29, 0.717) is 0 Å². The Hall–Kier alpha value is -0.870. The fourth-order valence-corrected chi connectivity index (χ4v) is 2.41. The Morgan fingerprint density at radius 3 is 2.71 bits per heavy atom. The molecule has 0 saturated heterocycles. The maximum absolute atomic E-state index is 12.1. The van der Waals surface area contributed by atoms with Crippen LogP contribution in [0.1, 0.15) is 25.1 Å². The van der Waals surface area contributed by atoms with Crippen LogP contribution in [-0.2, 0) is 10.2 Å². The number of thiophene rings is 1. The lowest BCUT2D eigenvalue weighted by Crippen LogP contribution is -2.40. The van der Waals surface area contributed by atoms with Crippen LogP contribution in [-0.4, -0.2) is 38.0 Å². The first-order chi connectivity index (χ1) is 7.94. The molecular formula is C13H22N2OS. The largest absolute Gasteiger partial charge is 0.355 e. The van der Waals surface area contributed by atoms with Gasteiger partial charge in [-0.25, -0.2) is 0 Å². The quantitative estimate of drug-likeness (QED) is 0.788. The van der Waals surface area contributed by atoms with Crippen molar-refractivity contribution in [1.82, 2.24) is 10.2 Å². The third-order valence-corrected chi connectivity index (χ3v) is 3.97. The average molecular weight is 254 g/mol. The third-order valence-electron chi connectivity index (χ3n) is 2.77. The molecule has 1 N–H and O–H groups in total. The lowest BCUT2D eigenvalue weighted by molar-refractivity contribution is -0.125. The molecule has 0 aromatic carbocycles. The van der Waals surface area contributed by atoms with Crippen molar-refractivity contribution in [1.29, 1.82) is 0 Å². The van der Waals surface area contributed by atoms with Crippen LogP contribution in [0.3, 0.4) is 0 Å². The number of nitrogens with zero attached hydrogens (tertiary/aromatic N) is 1. The molecule has 1 heterocycles. The molecule has 0 radical (unpaired) electrons. The Morgan fingerprint density at radius 1 is 1.47 bits per heavy atom. The first-order valence-electron chi connectivity index (χ1n) is 5.91. The van der Waals surface area contributed by atoms with E-state index in [0.717, 1.165) is 24.4 Å². The SMILES string of the molecule is CN(C)CCCNC(=O)C(C)(C)c1cccs1. The Labute approximate surface area is 108 Å². The molecule has 1 amide bonds. The van der Waals surface area contributed by atoms with E-state index in [1.807, 2.05) is 45.5 Å². The summed E-state index contributed by atoms with van der Waals surface area (Å²) in [5.74, 6) is 0.110. The fourth-order valence-electron chi connectivity index (χ4n) is 1.56. The predicted octanol–water partition coefficient (Wildman–Crippen LogP) is 2.09. The van der Waals surface area contributed by atoms with E-state index in [1.54, 1.807) is 11.3 Å². The number of nitrogens with one attached hydrogen (secondary N) is 1. The smallest absolute Gasteiger partial charge is 0.230 e. The van der Waals surface area contributed by atoms with Gasteiger partial charge in [0.1, 0.15) is 0 Å². The van der Waals surface area contributed by atoms with Gasteiger partial charge in [-0.3, -0.25) is 4.79 Å². The van der Waals surface area contributed by atoms with E-state index in [4.69, 9.17) is 0 Å². The van der Waals surface area contributed by atoms with E-state index in [1.165, 1.54) is 0 Å². The normalized spacial score (nSPS) is 11.8. The molecule has 0 aliphatic rings.